The van der Waals surface area contributed by atoms with Crippen molar-refractivity contribution in [2.45, 2.75) is 33.1 Å². The molecule has 0 aliphatic heterocycles. The van der Waals surface area contributed by atoms with Crippen LogP contribution in [0.15, 0.2) is 18.2 Å². The Bertz CT molecular complexity index is 402. The van der Waals surface area contributed by atoms with Gasteiger partial charge in [0.1, 0.15) is 0 Å². The monoisotopic (exact) mass is 289 g/mol. The van der Waals surface area contributed by atoms with Gasteiger partial charge in [-0.2, -0.15) is 8.78 Å². The standard InChI is InChI=1S/C14H21F2NO3/c1-4-19-10(2)8-17-9-11-5-6-12(18-3)13(7-11)20-14(15)16/h5-7,10,14,17H,4,8-9H2,1-3H3. The molecule has 0 saturated carbocycles. The smallest absolute Gasteiger partial charge is 0.387 e. The lowest BCUT2D eigenvalue weighted by molar-refractivity contribution is -0.0512. The lowest BCUT2D eigenvalue weighted by atomic mass is 10.2. The Labute approximate surface area is 118 Å². The van der Waals surface area contributed by atoms with Crippen molar-refractivity contribution in [3.05, 3.63) is 23.8 Å². The molecule has 114 valence electrons. The number of nitrogens with one attached hydrogen (secondary N) is 1. The average Bonchev–Trinajstić information content (AvgIpc) is 2.38. The third-order valence-electron chi connectivity index (χ3n) is 2.66. The predicted molar refractivity (Wildman–Crippen MR) is 72.4 cm³/mol. The van der Waals surface area contributed by atoms with Gasteiger partial charge in [0.2, 0.25) is 0 Å². The molecule has 1 unspecified atom stereocenters. The molecule has 0 bridgehead atoms. The summed E-state index contributed by atoms with van der Waals surface area (Å²) < 4.78 is 39.4. The third-order valence-corrected chi connectivity index (χ3v) is 2.66. The Kier molecular flexibility index (Phi) is 7.25. The second kappa shape index (κ2) is 8.71. The minimum atomic E-state index is -2.87. The van der Waals surface area contributed by atoms with Crippen molar-refractivity contribution in [1.29, 1.82) is 0 Å². The summed E-state index contributed by atoms with van der Waals surface area (Å²) in [5.41, 5.74) is 0.838. The van der Waals surface area contributed by atoms with Gasteiger partial charge in [0.25, 0.3) is 0 Å². The highest BCUT2D eigenvalue weighted by Crippen LogP contribution is 2.29. The lowest BCUT2D eigenvalue weighted by Crippen LogP contribution is -2.26. The highest BCUT2D eigenvalue weighted by molar-refractivity contribution is 5.42. The molecule has 0 aromatic heterocycles. The molecule has 20 heavy (non-hydrogen) atoms. The number of hydrogen-bond donors (Lipinski definition) is 1. The third kappa shape index (κ3) is 5.71. The second-order valence-electron chi connectivity index (χ2n) is 4.26. The van der Waals surface area contributed by atoms with E-state index in [2.05, 4.69) is 10.1 Å². The molecule has 6 heteroatoms. The van der Waals surface area contributed by atoms with Crippen molar-refractivity contribution in [3.8, 4) is 11.5 Å². The molecule has 0 spiro atoms. The number of rotatable bonds is 9. The average molecular weight is 289 g/mol. The molecule has 4 nitrogen and oxygen atoms in total. The quantitative estimate of drug-likeness (QED) is 0.759. The van der Waals surface area contributed by atoms with E-state index in [0.29, 0.717) is 19.7 Å². The van der Waals surface area contributed by atoms with Gasteiger partial charge in [-0.25, -0.2) is 0 Å². The topological polar surface area (TPSA) is 39.7 Å². The number of hydrogen-bond acceptors (Lipinski definition) is 4. The molecular formula is C14H21F2NO3. The predicted octanol–water partition coefficient (Wildman–Crippen LogP) is 2.81. The van der Waals surface area contributed by atoms with Crippen molar-refractivity contribution in [3.63, 3.8) is 0 Å². The Balaban J connectivity index is 2.58. The van der Waals surface area contributed by atoms with E-state index >= 15 is 0 Å². The number of ether oxygens (including phenoxy) is 3. The van der Waals surface area contributed by atoms with Gasteiger partial charge in [-0.05, 0) is 31.5 Å². The number of benzene rings is 1. The molecule has 1 aromatic rings. The van der Waals surface area contributed by atoms with Gasteiger partial charge in [0.05, 0.1) is 13.2 Å². The first-order chi connectivity index (χ1) is 9.56. The Hall–Kier alpha value is -1.40. The van der Waals surface area contributed by atoms with Crippen molar-refractivity contribution < 1.29 is 23.0 Å². The molecule has 0 aliphatic carbocycles. The summed E-state index contributed by atoms with van der Waals surface area (Å²) in [7, 11) is 1.41. The minimum absolute atomic E-state index is 0.0413. The minimum Gasteiger partial charge on any atom is -0.493 e. The zero-order valence-corrected chi connectivity index (χ0v) is 12.0. The van der Waals surface area contributed by atoms with Crippen LogP contribution in [-0.2, 0) is 11.3 Å². The normalized spacial score (nSPS) is 12.5. The van der Waals surface area contributed by atoms with E-state index in [9.17, 15) is 8.78 Å². The Morgan fingerprint density at radius 3 is 2.60 bits per heavy atom. The number of alkyl halides is 2. The summed E-state index contributed by atoms with van der Waals surface area (Å²) in [5.74, 6) is 0.330. The second-order valence-corrected chi connectivity index (χ2v) is 4.26. The molecule has 1 aromatic carbocycles. The van der Waals surface area contributed by atoms with Crippen molar-refractivity contribution in [1.82, 2.24) is 5.32 Å². The molecule has 0 saturated heterocycles. The van der Waals surface area contributed by atoms with Crippen LogP contribution in [-0.4, -0.2) is 33.0 Å². The lowest BCUT2D eigenvalue weighted by Gasteiger charge is -2.14. The van der Waals surface area contributed by atoms with Crippen LogP contribution < -0.4 is 14.8 Å². The highest BCUT2D eigenvalue weighted by Gasteiger charge is 2.11. The Morgan fingerprint density at radius 2 is 2.00 bits per heavy atom. The van der Waals surface area contributed by atoms with Gasteiger partial charge >= 0.3 is 6.61 Å². The Morgan fingerprint density at radius 1 is 1.25 bits per heavy atom. The van der Waals surface area contributed by atoms with Crippen LogP contribution in [0.5, 0.6) is 11.5 Å². The molecule has 0 aliphatic rings. The fraction of sp³-hybridized carbons (Fsp3) is 0.571. The number of halogens is 2. The van der Waals surface area contributed by atoms with Gasteiger partial charge in [-0.3, -0.25) is 0 Å². The summed E-state index contributed by atoms with van der Waals surface area (Å²) >= 11 is 0. The molecular weight excluding hydrogens is 268 g/mol. The van der Waals surface area contributed by atoms with E-state index in [1.165, 1.54) is 7.11 Å². The largest absolute Gasteiger partial charge is 0.493 e. The van der Waals surface area contributed by atoms with Crippen LogP contribution in [0.3, 0.4) is 0 Å². The maximum atomic E-state index is 12.3. The van der Waals surface area contributed by atoms with Gasteiger partial charge in [0, 0.05) is 19.7 Å². The van der Waals surface area contributed by atoms with Gasteiger partial charge in [-0.1, -0.05) is 6.07 Å². The van der Waals surface area contributed by atoms with Crippen molar-refractivity contribution in [2.75, 3.05) is 20.3 Å². The van der Waals surface area contributed by atoms with E-state index in [1.54, 1.807) is 18.2 Å². The highest BCUT2D eigenvalue weighted by atomic mass is 19.3. The molecule has 1 rings (SSSR count). The molecule has 0 heterocycles. The molecule has 0 fully saturated rings. The van der Waals surface area contributed by atoms with Crippen molar-refractivity contribution in [2.24, 2.45) is 0 Å². The molecule has 1 atom stereocenters. The van der Waals surface area contributed by atoms with Crippen molar-refractivity contribution >= 4 is 0 Å². The van der Waals surface area contributed by atoms with E-state index in [1.807, 2.05) is 13.8 Å². The molecule has 0 amide bonds. The molecule has 1 N–H and O–H groups in total. The van der Waals surface area contributed by atoms with Crippen LogP contribution in [0.2, 0.25) is 0 Å². The SMILES string of the molecule is CCOC(C)CNCc1ccc(OC)c(OC(F)F)c1. The summed E-state index contributed by atoms with van der Waals surface area (Å²) in [6.07, 6.45) is 0.107. The van der Waals surface area contributed by atoms with Crippen LogP contribution in [0.1, 0.15) is 19.4 Å². The summed E-state index contributed by atoms with van der Waals surface area (Å²) in [6.45, 7) is 2.93. The fourth-order valence-electron chi connectivity index (χ4n) is 1.78. The first-order valence-electron chi connectivity index (χ1n) is 6.50. The first kappa shape index (κ1) is 16.7. The van der Waals surface area contributed by atoms with Crippen LogP contribution in [0.25, 0.3) is 0 Å². The van der Waals surface area contributed by atoms with Gasteiger partial charge < -0.3 is 19.5 Å². The molecule has 0 radical (unpaired) electrons. The van der Waals surface area contributed by atoms with Crippen LogP contribution in [0, 0.1) is 0 Å². The zero-order valence-electron chi connectivity index (χ0n) is 12.0. The first-order valence-corrected chi connectivity index (χ1v) is 6.50. The summed E-state index contributed by atoms with van der Waals surface area (Å²) in [4.78, 5) is 0. The summed E-state index contributed by atoms with van der Waals surface area (Å²) in [6, 6.07) is 4.96. The van der Waals surface area contributed by atoms with E-state index < -0.39 is 6.61 Å². The summed E-state index contributed by atoms with van der Waals surface area (Å²) in [5, 5.41) is 3.20. The van der Waals surface area contributed by atoms with Gasteiger partial charge in [-0.15, -0.1) is 0 Å². The zero-order chi connectivity index (χ0) is 15.0. The van der Waals surface area contributed by atoms with Crippen LogP contribution >= 0.6 is 0 Å². The van der Waals surface area contributed by atoms with Crippen LogP contribution in [0.4, 0.5) is 8.78 Å². The number of methoxy groups -OCH3 is 1. The van der Waals surface area contributed by atoms with Gasteiger partial charge in [0.15, 0.2) is 11.5 Å². The van der Waals surface area contributed by atoms with E-state index in [4.69, 9.17) is 9.47 Å². The maximum Gasteiger partial charge on any atom is 0.387 e. The van der Waals surface area contributed by atoms with E-state index in [0.717, 1.165) is 5.56 Å². The fourth-order valence-corrected chi connectivity index (χ4v) is 1.78. The van der Waals surface area contributed by atoms with E-state index in [-0.39, 0.29) is 17.6 Å². The maximum absolute atomic E-state index is 12.3.